The molecule has 0 atom stereocenters. The van der Waals surface area contributed by atoms with E-state index in [9.17, 15) is 13.6 Å². The van der Waals surface area contributed by atoms with Gasteiger partial charge in [0.1, 0.15) is 11.6 Å². The van der Waals surface area contributed by atoms with Gasteiger partial charge in [-0.1, -0.05) is 0 Å². The molecule has 112 valence electrons. The van der Waals surface area contributed by atoms with E-state index in [4.69, 9.17) is 0 Å². The van der Waals surface area contributed by atoms with Gasteiger partial charge in [-0.15, -0.1) is 0 Å². The molecule has 0 aromatic heterocycles. The van der Waals surface area contributed by atoms with Crippen molar-refractivity contribution in [2.45, 2.75) is 26.8 Å². The molecule has 20 heavy (non-hydrogen) atoms. The third kappa shape index (κ3) is 4.52. The van der Waals surface area contributed by atoms with Gasteiger partial charge in [0.05, 0.1) is 4.47 Å². The van der Waals surface area contributed by atoms with Crippen LogP contribution in [0.1, 0.15) is 25.8 Å². The van der Waals surface area contributed by atoms with Crippen molar-refractivity contribution in [3.63, 3.8) is 0 Å². The Morgan fingerprint density at radius 1 is 1.30 bits per heavy atom. The molecule has 0 aliphatic carbocycles. The normalized spacial score (nSPS) is 10.7. The highest BCUT2D eigenvalue weighted by molar-refractivity contribution is 9.10. The van der Waals surface area contributed by atoms with E-state index < -0.39 is 11.6 Å². The lowest BCUT2D eigenvalue weighted by Crippen LogP contribution is -2.32. The molecule has 0 radical (unpaired) electrons. The van der Waals surface area contributed by atoms with Gasteiger partial charge in [-0.3, -0.25) is 4.79 Å². The molecule has 0 saturated heterocycles. The number of amides is 1. The van der Waals surface area contributed by atoms with Gasteiger partial charge in [0, 0.05) is 38.2 Å². The number of benzene rings is 1. The van der Waals surface area contributed by atoms with E-state index in [1.54, 1.807) is 4.90 Å². The molecule has 1 amide bonds. The lowest BCUT2D eigenvalue weighted by atomic mass is 10.2. The van der Waals surface area contributed by atoms with Crippen molar-refractivity contribution >= 4 is 21.8 Å². The van der Waals surface area contributed by atoms with Gasteiger partial charge in [-0.25, -0.2) is 8.78 Å². The van der Waals surface area contributed by atoms with Gasteiger partial charge in [0.15, 0.2) is 0 Å². The number of carbonyl (C=O) groups excluding carboxylic acids is 1. The Bertz CT molecular complexity index is 465. The van der Waals surface area contributed by atoms with Crippen LogP contribution in [0.2, 0.25) is 0 Å². The lowest BCUT2D eigenvalue weighted by molar-refractivity contribution is -0.130. The highest BCUT2D eigenvalue weighted by atomic mass is 79.9. The maximum absolute atomic E-state index is 13.7. The second kappa shape index (κ2) is 8.32. The van der Waals surface area contributed by atoms with Crippen molar-refractivity contribution in [1.82, 2.24) is 10.2 Å². The Morgan fingerprint density at radius 3 is 2.55 bits per heavy atom. The molecule has 1 N–H and O–H groups in total. The maximum Gasteiger partial charge on any atom is 0.223 e. The molecule has 0 spiro atoms. The van der Waals surface area contributed by atoms with Crippen molar-refractivity contribution in [3.8, 4) is 0 Å². The zero-order chi connectivity index (χ0) is 15.1. The van der Waals surface area contributed by atoms with Crippen molar-refractivity contribution in [1.29, 1.82) is 0 Å². The summed E-state index contributed by atoms with van der Waals surface area (Å²) in [5.41, 5.74) is -0.0188. The molecule has 3 nitrogen and oxygen atoms in total. The monoisotopic (exact) mass is 348 g/mol. The average molecular weight is 349 g/mol. The summed E-state index contributed by atoms with van der Waals surface area (Å²) in [6.45, 7) is 5.62. The summed E-state index contributed by atoms with van der Waals surface area (Å²) in [7, 11) is 0. The van der Waals surface area contributed by atoms with Crippen LogP contribution in [0.25, 0.3) is 0 Å². The lowest BCUT2D eigenvalue weighted by Gasteiger charge is -2.18. The van der Waals surface area contributed by atoms with E-state index in [1.807, 2.05) is 13.8 Å². The van der Waals surface area contributed by atoms with Crippen molar-refractivity contribution in [2.75, 3.05) is 19.6 Å². The molecule has 0 aliphatic rings. The Morgan fingerprint density at radius 2 is 1.95 bits per heavy atom. The fraction of sp³-hybridized carbons (Fsp3) is 0.500. The van der Waals surface area contributed by atoms with Gasteiger partial charge in [0.2, 0.25) is 5.91 Å². The minimum Gasteiger partial charge on any atom is -0.343 e. The van der Waals surface area contributed by atoms with Gasteiger partial charge < -0.3 is 10.2 Å². The van der Waals surface area contributed by atoms with Gasteiger partial charge in [-0.05, 0) is 41.9 Å². The van der Waals surface area contributed by atoms with Crippen LogP contribution in [0.5, 0.6) is 0 Å². The quantitative estimate of drug-likeness (QED) is 0.606. The van der Waals surface area contributed by atoms with Crippen LogP contribution in [0.4, 0.5) is 8.78 Å². The molecule has 0 fully saturated rings. The molecule has 1 rings (SSSR count). The predicted molar refractivity (Wildman–Crippen MR) is 78.3 cm³/mol. The van der Waals surface area contributed by atoms with Crippen LogP contribution in [-0.4, -0.2) is 30.4 Å². The van der Waals surface area contributed by atoms with Gasteiger partial charge in [-0.2, -0.15) is 0 Å². The van der Waals surface area contributed by atoms with Crippen molar-refractivity contribution in [2.24, 2.45) is 0 Å². The minimum absolute atomic E-state index is 0.0188. The van der Waals surface area contributed by atoms with Gasteiger partial charge in [0.25, 0.3) is 0 Å². The molecule has 0 unspecified atom stereocenters. The molecule has 0 saturated carbocycles. The summed E-state index contributed by atoms with van der Waals surface area (Å²) in [4.78, 5) is 13.5. The summed E-state index contributed by atoms with van der Waals surface area (Å²) in [5.74, 6) is -1.15. The van der Waals surface area contributed by atoms with Crippen LogP contribution in [0, 0.1) is 11.6 Å². The maximum atomic E-state index is 13.7. The Hall–Kier alpha value is -1.01. The highest BCUT2D eigenvalue weighted by Crippen LogP contribution is 2.21. The molecule has 0 aliphatic heterocycles. The zero-order valence-corrected chi connectivity index (χ0v) is 13.3. The van der Waals surface area contributed by atoms with Crippen LogP contribution < -0.4 is 5.32 Å². The smallest absolute Gasteiger partial charge is 0.223 e. The Labute approximate surface area is 126 Å². The number of carbonyl (C=O) groups is 1. The summed E-state index contributed by atoms with van der Waals surface area (Å²) in [6.07, 6.45) is 0.318. The summed E-state index contributed by atoms with van der Waals surface area (Å²) in [6, 6.07) is 2.54. The fourth-order valence-corrected chi connectivity index (χ4v) is 2.25. The topological polar surface area (TPSA) is 32.3 Å². The number of hydrogen-bond donors (Lipinski definition) is 1. The van der Waals surface area contributed by atoms with Crippen LogP contribution in [0.15, 0.2) is 16.6 Å². The van der Waals surface area contributed by atoms with E-state index in [2.05, 4.69) is 21.2 Å². The predicted octanol–water partition coefficient (Wildman–Crippen LogP) is 3.08. The fourth-order valence-electron chi connectivity index (χ4n) is 1.87. The summed E-state index contributed by atoms with van der Waals surface area (Å²) < 4.78 is 27.4. The number of nitrogens with zero attached hydrogens (tertiary/aromatic N) is 1. The van der Waals surface area contributed by atoms with E-state index in [1.165, 1.54) is 12.1 Å². The number of rotatable bonds is 7. The second-order valence-electron chi connectivity index (χ2n) is 4.31. The number of nitrogens with one attached hydrogen (secondary N) is 1. The Kier molecular flexibility index (Phi) is 7.09. The first-order chi connectivity index (χ1) is 9.51. The largest absolute Gasteiger partial charge is 0.343 e. The zero-order valence-electron chi connectivity index (χ0n) is 11.7. The highest BCUT2D eigenvalue weighted by Gasteiger charge is 2.12. The molecule has 0 heterocycles. The van der Waals surface area contributed by atoms with Gasteiger partial charge >= 0.3 is 0 Å². The average Bonchev–Trinajstić information content (AvgIpc) is 2.43. The van der Waals surface area contributed by atoms with E-state index in [0.717, 1.165) is 0 Å². The first-order valence-corrected chi connectivity index (χ1v) is 7.41. The van der Waals surface area contributed by atoms with Crippen molar-refractivity contribution < 1.29 is 13.6 Å². The third-order valence-corrected chi connectivity index (χ3v) is 3.68. The summed E-state index contributed by atoms with van der Waals surface area (Å²) in [5, 5.41) is 2.90. The standard InChI is InChI=1S/C14H19BrF2N2O/c1-3-19(4-2)13(20)7-8-18-9-10-12(16)6-5-11(15)14(10)17/h5-6,18H,3-4,7-9H2,1-2H3. The Balaban J connectivity index is 2.46. The number of halogens is 3. The molecular weight excluding hydrogens is 330 g/mol. The van der Waals surface area contributed by atoms with Crippen molar-refractivity contribution in [3.05, 3.63) is 33.8 Å². The molecule has 6 heteroatoms. The first kappa shape index (κ1) is 17.0. The summed E-state index contributed by atoms with van der Waals surface area (Å²) >= 11 is 3.02. The molecule has 0 bridgehead atoms. The van der Waals surface area contributed by atoms with E-state index >= 15 is 0 Å². The molecular formula is C14H19BrF2N2O. The van der Waals surface area contributed by atoms with E-state index in [-0.39, 0.29) is 22.5 Å². The first-order valence-electron chi connectivity index (χ1n) is 6.62. The van der Waals surface area contributed by atoms with E-state index in [0.29, 0.717) is 26.1 Å². The van der Waals surface area contributed by atoms with Crippen LogP contribution in [-0.2, 0) is 11.3 Å². The van der Waals surface area contributed by atoms with Crippen LogP contribution in [0.3, 0.4) is 0 Å². The SMILES string of the molecule is CCN(CC)C(=O)CCNCc1c(F)ccc(Br)c1F. The molecule has 1 aromatic rings. The minimum atomic E-state index is -0.604. The number of hydrogen-bond acceptors (Lipinski definition) is 2. The third-order valence-electron chi connectivity index (χ3n) is 3.07. The van der Waals surface area contributed by atoms with Crippen LogP contribution >= 0.6 is 15.9 Å². The second-order valence-corrected chi connectivity index (χ2v) is 5.17. The molecule has 1 aromatic carbocycles.